The average molecular weight is 219 g/mol. The van der Waals surface area contributed by atoms with Crippen LogP contribution in [0, 0.1) is 6.92 Å². The smallest absolute Gasteiger partial charge is 0.421 e. The molecule has 1 rings (SSSR count). The fraction of sp³-hybridized carbons (Fsp3) is 0.286. The van der Waals surface area contributed by atoms with E-state index < -0.39 is 17.1 Å². The number of methoxy groups -OCH3 is 1. The summed E-state index contributed by atoms with van der Waals surface area (Å²) in [6.07, 6.45) is 0.309. The van der Waals surface area contributed by atoms with Crippen LogP contribution < -0.4 is 5.69 Å². The van der Waals surface area contributed by atoms with Crippen molar-refractivity contribution in [1.82, 2.24) is 9.13 Å². The standard InChI is InChI=1S/C7H7ClN2O4/c1-4-3-9(7(13)14-2)6(12)10(4)5(8)11/h3H,1-2H3. The van der Waals surface area contributed by atoms with Gasteiger partial charge >= 0.3 is 17.1 Å². The molecule has 0 aliphatic rings. The first-order valence-electron chi connectivity index (χ1n) is 3.58. The summed E-state index contributed by atoms with van der Waals surface area (Å²) in [7, 11) is 1.13. The molecule has 14 heavy (non-hydrogen) atoms. The SMILES string of the molecule is COC(=O)n1cc(C)n(C(=O)Cl)c1=O. The van der Waals surface area contributed by atoms with Gasteiger partial charge in [-0.15, -0.1) is 0 Å². The lowest BCUT2D eigenvalue weighted by atomic mass is 10.5. The molecule has 7 heteroatoms. The first-order chi connectivity index (χ1) is 6.49. The minimum atomic E-state index is -0.963. The highest BCUT2D eigenvalue weighted by atomic mass is 35.5. The van der Waals surface area contributed by atoms with Gasteiger partial charge in [0, 0.05) is 11.9 Å². The molecule has 76 valence electrons. The Bertz CT molecular complexity index is 445. The van der Waals surface area contributed by atoms with Crippen molar-refractivity contribution in [2.24, 2.45) is 0 Å². The predicted octanol–water partition coefficient (Wildman–Crippen LogP) is 0.780. The Morgan fingerprint density at radius 2 is 2.07 bits per heavy atom. The Labute approximate surface area is 83.6 Å². The number of aromatic nitrogens is 2. The number of carbonyl (C=O) groups is 2. The maximum atomic E-state index is 11.4. The van der Waals surface area contributed by atoms with Crippen LogP contribution in [0.1, 0.15) is 5.69 Å². The maximum absolute atomic E-state index is 11.4. The fourth-order valence-corrected chi connectivity index (χ4v) is 1.21. The number of halogens is 1. The van der Waals surface area contributed by atoms with Crippen LogP contribution in [0.5, 0.6) is 0 Å². The molecule has 6 nitrogen and oxygen atoms in total. The zero-order valence-electron chi connectivity index (χ0n) is 7.48. The van der Waals surface area contributed by atoms with Gasteiger partial charge in [0.2, 0.25) is 0 Å². The Morgan fingerprint density at radius 1 is 1.50 bits per heavy atom. The number of hydrogen-bond acceptors (Lipinski definition) is 4. The molecule has 0 radical (unpaired) electrons. The monoisotopic (exact) mass is 218 g/mol. The highest BCUT2D eigenvalue weighted by Gasteiger charge is 2.17. The predicted molar refractivity (Wildman–Crippen MR) is 47.9 cm³/mol. The van der Waals surface area contributed by atoms with E-state index in [0.29, 0.717) is 9.13 Å². The van der Waals surface area contributed by atoms with E-state index >= 15 is 0 Å². The molecule has 0 amide bonds. The van der Waals surface area contributed by atoms with E-state index in [1.807, 2.05) is 0 Å². The normalized spacial score (nSPS) is 9.93. The number of aryl methyl sites for hydroxylation is 1. The molecule has 0 saturated heterocycles. The summed E-state index contributed by atoms with van der Waals surface area (Å²) in [6, 6.07) is 0. The van der Waals surface area contributed by atoms with E-state index in [2.05, 4.69) is 4.74 Å². The summed E-state index contributed by atoms with van der Waals surface area (Å²) in [5.74, 6) is 0. The van der Waals surface area contributed by atoms with E-state index in [-0.39, 0.29) is 5.69 Å². The Kier molecular flexibility index (Phi) is 2.76. The quantitative estimate of drug-likeness (QED) is 0.604. The summed E-state index contributed by atoms with van der Waals surface area (Å²) in [6.45, 7) is 1.47. The van der Waals surface area contributed by atoms with Crippen molar-refractivity contribution in [1.29, 1.82) is 0 Å². The third kappa shape index (κ3) is 1.56. The van der Waals surface area contributed by atoms with Crippen molar-refractivity contribution in [3.05, 3.63) is 22.4 Å². The van der Waals surface area contributed by atoms with Gasteiger partial charge in [0.05, 0.1) is 7.11 Å². The molecule has 0 atom stereocenters. The van der Waals surface area contributed by atoms with Gasteiger partial charge in [-0.25, -0.2) is 18.7 Å². The average Bonchev–Trinajstić information content (AvgIpc) is 2.40. The topological polar surface area (TPSA) is 70.3 Å². The summed E-state index contributed by atoms with van der Waals surface area (Å²) in [5.41, 5.74) is -0.574. The number of ether oxygens (including phenoxy) is 1. The molecular formula is C7H7ClN2O4. The zero-order valence-corrected chi connectivity index (χ0v) is 8.24. The Hall–Kier alpha value is -1.56. The van der Waals surface area contributed by atoms with Gasteiger partial charge in [0.1, 0.15) is 0 Å². The molecule has 0 bridgehead atoms. The Morgan fingerprint density at radius 3 is 2.43 bits per heavy atom. The highest BCUT2D eigenvalue weighted by Crippen LogP contribution is 1.98. The van der Waals surface area contributed by atoms with Crippen LogP contribution in [0.3, 0.4) is 0 Å². The molecule has 1 aromatic heterocycles. The first kappa shape index (κ1) is 10.5. The summed E-state index contributed by atoms with van der Waals surface area (Å²) in [4.78, 5) is 33.1. The van der Waals surface area contributed by atoms with Crippen molar-refractivity contribution < 1.29 is 14.3 Å². The number of hydrogen-bond donors (Lipinski definition) is 0. The first-order valence-corrected chi connectivity index (χ1v) is 3.96. The molecule has 0 fully saturated rings. The second kappa shape index (κ2) is 3.67. The fourth-order valence-electron chi connectivity index (χ4n) is 1.00. The molecule has 1 heterocycles. The van der Waals surface area contributed by atoms with Crippen molar-refractivity contribution in [2.75, 3.05) is 7.11 Å². The van der Waals surface area contributed by atoms with E-state index in [0.717, 1.165) is 7.11 Å². The van der Waals surface area contributed by atoms with Gasteiger partial charge in [-0.1, -0.05) is 0 Å². The second-order valence-electron chi connectivity index (χ2n) is 2.48. The minimum Gasteiger partial charge on any atom is -0.452 e. The molecule has 0 aromatic carbocycles. The highest BCUT2D eigenvalue weighted by molar-refractivity contribution is 6.63. The van der Waals surface area contributed by atoms with Crippen LogP contribution in [-0.4, -0.2) is 27.7 Å². The van der Waals surface area contributed by atoms with E-state index in [1.165, 1.54) is 13.1 Å². The second-order valence-corrected chi connectivity index (χ2v) is 2.80. The van der Waals surface area contributed by atoms with Gasteiger partial charge in [0.15, 0.2) is 0 Å². The molecule has 0 unspecified atom stereocenters. The molecule has 0 spiro atoms. The Balaban J connectivity index is 3.39. The number of imidazole rings is 1. The molecule has 1 aromatic rings. The molecule has 0 N–H and O–H groups in total. The van der Waals surface area contributed by atoms with Crippen molar-refractivity contribution in [3.63, 3.8) is 0 Å². The van der Waals surface area contributed by atoms with E-state index in [9.17, 15) is 14.4 Å². The van der Waals surface area contributed by atoms with Crippen LogP contribution in [0.2, 0.25) is 0 Å². The summed E-state index contributed by atoms with van der Waals surface area (Å²) < 4.78 is 5.65. The van der Waals surface area contributed by atoms with Crippen molar-refractivity contribution >= 4 is 23.1 Å². The third-order valence-electron chi connectivity index (χ3n) is 1.61. The van der Waals surface area contributed by atoms with Gasteiger partial charge in [0.25, 0.3) is 0 Å². The molecule has 0 aliphatic heterocycles. The van der Waals surface area contributed by atoms with Crippen LogP contribution in [-0.2, 0) is 4.74 Å². The largest absolute Gasteiger partial charge is 0.452 e. The maximum Gasteiger partial charge on any atom is 0.421 e. The molecule has 0 saturated carbocycles. The van der Waals surface area contributed by atoms with E-state index in [4.69, 9.17) is 11.6 Å². The van der Waals surface area contributed by atoms with Gasteiger partial charge in [-0.05, 0) is 18.5 Å². The number of nitrogens with zero attached hydrogens (tertiary/aromatic N) is 2. The van der Waals surface area contributed by atoms with Crippen LogP contribution in [0.4, 0.5) is 9.59 Å². The number of carbonyl (C=O) groups excluding carboxylic acids is 2. The van der Waals surface area contributed by atoms with E-state index in [1.54, 1.807) is 0 Å². The summed E-state index contributed by atoms with van der Waals surface area (Å²) in [5, 5.41) is -0.963. The van der Waals surface area contributed by atoms with Crippen LogP contribution >= 0.6 is 11.6 Å². The summed E-state index contributed by atoms with van der Waals surface area (Å²) >= 11 is 5.13. The lowest BCUT2D eigenvalue weighted by Crippen LogP contribution is -2.30. The van der Waals surface area contributed by atoms with Crippen LogP contribution in [0.15, 0.2) is 11.0 Å². The van der Waals surface area contributed by atoms with Crippen LogP contribution in [0.25, 0.3) is 0 Å². The lowest BCUT2D eigenvalue weighted by Gasteiger charge is -1.95. The molecule has 0 aliphatic carbocycles. The van der Waals surface area contributed by atoms with Crippen molar-refractivity contribution in [3.8, 4) is 0 Å². The van der Waals surface area contributed by atoms with Crippen molar-refractivity contribution in [2.45, 2.75) is 6.92 Å². The van der Waals surface area contributed by atoms with Gasteiger partial charge in [-0.2, -0.15) is 0 Å². The molecular weight excluding hydrogens is 212 g/mol. The zero-order chi connectivity index (χ0) is 10.9. The minimum absolute atomic E-state index is 0.264. The van der Waals surface area contributed by atoms with Gasteiger partial charge in [-0.3, -0.25) is 4.79 Å². The third-order valence-corrected chi connectivity index (χ3v) is 1.78. The lowest BCUT2D eigenvalue weighted by molar-refractivity contribution is 0.172. The van der Waals surface area contributed by atoms with Gasteiger partial charge < -0.3 is 4.74 Å². The number of rotatable bonds is 0.